The van der Waals surface area contributed by atoms with Crippen LogP contribution in [-0.4, -0.2) is 61.5 Å². The van der Waals surface area contributed by atoms with Crippen LogP contribution in [0.3, 0.4) is 0 Å². The number of aromatic nitrogens is 2. The molecule has 5 N–H and O–H groups in total. The molecule has 0 amide bonds. The lowest BCUT2D eigenvalue weighted by Gasteiger charge is -2.17. The quantitative estimate of drug-likeness (QED) is 0.391. The van der Waals surface area contributed by atoms with Crippen LogP contribution in [-0.2, 0) is 11.2 Å². The highest BCUT2D eigenvalue weighted by molar-refractivity contribution is 5.06. The molecular formula is C12H18N2O7. The predicted octanol–water partition coefficient (Wildman–Crippen LogP) is -2.93. The average Bonchev–Trinajstić information content (AvgIpc) is 2.74. The second-order valence-electron chi connectivity index (χ2n) is 4.88. The Kier molecular flexibility index (Phi) is 4.91. The van der Waals surface area contributed by atoms with Gasteiger partial charge in [0.2, 0.25) is 0 Å². The summed E-state index contributed by atoms with van der Waals surface area (Å²) in [4.78, 5) is 25.6. The van der Waals surface area contributed by atoms with Crippen molar-refractivity contribution in [1.29, 1.82) is 0 Å². The van der Waals surface area contributed by atoms with E-state index >= 15 is 0 Å². The smallest absolute Gasteiger partial charge is 0.330 e. The van der Waals surface area contributed by atoms with E-state index < -0.39 is 42.4 Å². The van der Waals surface area contributed by atoms with Crippen LogP contribution >= 0.6 is 0 Å². The molecule has 2 heterocycles. The normalized spacial score (nSPS) is 29.0. The van der Waals surface area contributed by atoms with Crippen molar-refractivity contribution in [3.05, 3.63) is 32.6 Å². The van der Waals surface area contributed by atoms with Crippen molar-refractivity contribution in [1.82, 2.24) is 9.55 Å². The number of nitrogens with one attached hydrogen (secondary N) is 1. The molecular weight excluding hydrogens is 284 g/mol. The average molecular weight is 302 g/mol. The van der Waals surface area contributed by atoms with Crippen LogP contribution in [0.5, 0.6) is 0 Å². The molecule has 1 aliphatic heterocycles. The number of rotatable bonds is 5. The van der Waals surface area contributed by atoms with Gasteiger partial charge in [0.15, 0.2) is 6.23 Å². The number of hydrogen-bond acceptors (Lipinski definition) is 7. The molecule has 118 valence electrons. The lowest BCUT2D eigenvalue weighted by Crippen LogP contribution is -2.38. The van der Waals surface area contributed by atoms with Crippen molar-refractivity contribution < 1.29 is 25.2 Å². The zero-order valence-electron chi connectivity index (χ0n) is 11.2. The van der Waals surface area contributed by atoms with Crippen LogP contribution in [0, 0.1) is 0 Å². The van der Waals surface area contributed by atoms with Crippen LogP contribution < -0.4 is 11.2 Å². The third-order valence-electron chi connectivity index (χ3n) is 3.44. The maximum atomic E-state index is 11.8. The molecule has 1 saturated heterocycles. The molecule has 1 aromatic heterocycles. The van der Waals surface area contributed by atoms with E-state index in [1.54, 1.807) is 0 Å². The summed E-state index contributed by atoms with van der Waals surface area (Å²) < 4.78 is 6.21. The largest absolute Gasteiger partial charge is 0.396 e. The number of aliphatic hydroxyl groups is 4. The van der Waals surface area contributed by atoms with Crippen LogP contribution in [0.1, 0.15) is 18.2 Å². The molecule has 0 aromatic carbocycles. The van der Waals surface area contributed by atoms with Gasteiger partial charge < -0.3 is 25.2 Å². The summed E-state index contributed by atoms with van der Waals surface area (Å²) in [5.74, 6) is 0. The Hall–Kier alpha value is -1.52. The fraction of sp³-hybridized carbons (Fsp3) is 0.667. The summed E-state index contributed by atoms with van der Waals surface area (Å²) in [5.41, 5.74) is -1.11. The third-order valence-corrected chi connectivity index (χ3v) is 3.44. The number of nitrogens with zero attached hydrogens (tertiary/aromatic N) is 1. The molecule has 4 atom stereocenters. The summed E-state index contributed by atoms with van der Waals surface area (Å²) in [7, 11) is 0. The van der Waals surface area contributed by atoms with Gasteiger partial charge in [-0.2, -0.15) is 0 Å². The molecule has 9 nitrogen and oxygen atoms in total. The van der Waals surface area contributed by atoms with Gasteiger partial charge in [-0.25, -0.2) is 4.79 Å². The second-order valence-corrected chi connectivity index (χ2v) is 4.88. The minimum Gasteiger partial charge on any atom is -0.396 e. The number of H-pyrrole nitrogens is 1. The summed E-state index contributed by atoms with van der Waals surface area (Å²) in [6.45, 7) is -0.614. The highest BCUT2D eigenvalue weighted by atomic mass is 16.6. The molecule has 0 bridgehead atoms. The molecule has 21 heavy (non-hydrogen) atoms. The standard InChI is InChI=1S/C12H18N2O7/c15-3-1-2-6-4-14(12(20)13-10(6)19)11-9(18)8(17)7(5-16)21-11/h4,7-9,11,15-18H,1-3,5H2,(H,13,19,20)/t7-,8-,9-,11-/m1/s1. The van der Waals surface area contributed by atoms with E-state index in [2.05, 4.69) is 4.98 Å². The van der Waals surface area contributed by atoms with Gasteiger partial charge in [0, 0.05) is 18.4 Å². The van der Waals surface area contributed by atoms with Gasteiger partial charge in [0.1, 0.15) is 18.3 Å². The molecule has 1 fully saturated rings. The topological polar surface area (TPSA) is 145 Å². The van der Waals surface area contributed by atoms with Crippen molar-refractivity contribution in [2.75, 3.05) is 13.2 Å². The van der Waals surface area contributed by atoms with Crippen molar-refractivity contribution in [2.45, 2.75) is 37.4 Å². The maximum absolute atomic E-state index is 11.8. The molecule has 0 radical (unpaired) electrons. The van der Waals surface area contributed by atoms with Crippen LogP contribution in [0.15, 0.2) is 15.8 Å². The van der Waals surface area contributed by atoms with Gasteiger partial charge in [0.05, 0.1) is 6.61 Å². The Bertz CT molecular complexity index is 596. The monoisotopic (exact) mass is 302 g/mol. The lowest BCUT2D eigenvalue weighted by atomic mass is 10.1. The fourth-order valence-electron chi connectivity index (χ4n) is 2.27. The number of aromatic amines is 1. The molecule has 2 rings (SSSR count). The Morgan fingerprint density at radius 1 is 1.24 bits per heavy atom. The first-order valence-corrected chi connectivity index (χ1v) is 6.57. The summed E-state index contributed by atoms with van der Waals surface area (Å²) in [5, 5.41) is 37.4. The Labute approximate surface area is 119 Å². The van der Waals surface area contributed by atoms with Gasteiger partial charge in [-0.1, -0.05) is 0 Å². The van der Waals surface area contributed by atoms with E-state index in [9.17, 15) is 19.8 Å². The molecule has 0 spiro atoms. The molecule has 9 heteroatoms. The molecule has 0 saturated carbocycles. The van der Waals surface area contributed by atoms with Crippen LogP contribution in [0.25, 0.3) is 0 Å². The van der Waals surface area contributed by atoms with Crippen molar-refractivity contribution in [3.63, 3.8) is 0 Å². The van der Waals surface area contributed by atoms with E-state index in [-0.39, 0.29) is 18.6 Å². The molecule has 1 aromatic rings. The minimum atomic E-state index is -1.41. The van der Waals surface area contributed by atoms with Crippen LogP contribution in [0.2, 0.25) is 0 Å². The zero-order valence-corrected chi connectivity index (χ0v) is 11.2. The Morgan fingerprint density at radius 3 is 2.52 bits per heavy atom. The highest BCUT2D eigenvalue weighted by Crippen LogP contribution is 2.27. The Morgan fingerprint density at radius 2 is 1.95 bits per heavy atom. The molecule has 1 aliphatic rings. The zero-order chi connectivity index (χ0) is 15.6. The van der Waals surface area contributed by atoms with E-state index in [0.717, 1.165) is 4.57 Å². The second kappa shape index (κ2) is 6.50. The van der Waals surface area contributed by atoms with Crippen LogP contribution in [0.4, 0.5) is 0 Å². The number of hydrogen-bond donors (Lipinski definition) is 5. The van der Waals surface area contributed by atoms with Gasteiger partial charge in [0.25, 0.3) is 5.56 Å². The first-order chi connectivity index (χ1) is 9.99. The fourth-order valence-corrected chi connectivity index (χ4v) is 2.27. The Balaban J connectivity index is 2.35. The van der Waals surface area contributed by atoms with E-state index in [4.69, 9.17) is 14.9 Å². The molecule has 0 unspecified atom stereocenters. The molecule has 0 aliphatic carbocycles. The van der Waals surface area contributed by atoms with Gasteiger partial charge in [-0.3, -0.25) is 14.3 Å². The first kappa shape index (κ1) is 15.9. The number of aliphatic hydroxyl groups excluding tert-OH is 4. The summed E-state index contributed by atoms with van der Waals surface area (Å²) >= 11 is 0. The van der Waals surface area contributed by atoms with Gasteiger partial charge >= 0.3 is 5.69 Å². The number of ether oxygens (including phenoxy) is 1. The van der Waals surface area contributed by atoms with E-state index in [0.29, 0.717) is 6.42 Å². The van der Waals surface area contributed by atoms with Crippen molar-refractivity contribution in [3.8, 4) is 0 Å². The van der Waals surface area contributed by atoms with Gasteiger partial charge in [-0.05, 0) is 12.8 Å². The predicted molar refractivity (Wildman–Crippen MR) is 69.7 cm³/mol. The van der Waals surface area contributed by atoms with E-state index in [1.165, 1.54) is 6.20 Å². The van der Waals surface area contributed by atoms with E-state index in [1.807, 2.05) is 0 Å². The number of aryl methyl sites for hydroxylation is 1. The SMILES string of the molecule is O=c1[nH]c(=O)n([C@@H]2O[C@H](CO)[C@@H](O)[C@H]2O)cc1CCCO. The maximum Gasteiger partial charge on any atom is 0.330 e. The lowest BCUT2D eigenvalue weighted by molar-refractivity contribution is -0.0551. The third kappa shape index (κ3) is 3.06. The summed E-state index contributed by atoms with van der Waals surface area (Å²) in [6.07, 6.45) is -3.12. The minimum absolute atomic E-state index is 0.105. The summed E-state index contributed by atoms with van der Waals surface area (Å²) in [6, 6.07) is 0. The first-order valence-electron chi connectivity index (χ1n) is 6.57. The van der Waals surface area contributed by atoms with Crippen molar-refractivity contribution in [2.24, 2.45) is 0 Å². The van der Waals surface area contributed by atoms with Gasteiger partial charge in [-0.15, -0.1) is 0 Å². The highest BCUT2D eigenvalue weighted by Gasteiger charge is 2.43. The van der Waals surface area contributed by atoms with Crippen molar-refractivity contribution >= 4 is 0 Å².